The third-order valence-electron chi connectivity index (χ3n) is 5.25. The Morgan fingerprint density at radius 2 is 1.80 bits per heavy atom. The van der Waals surface area contributed by atoms with Crippen molar-refractivity contribution in [3.05, 3.63) is 84.7 Å². The molecule has 0 radical (unpaired) electrons. The molecule has 0 aliphatic carbocycles. The fourth-order valence-electron chi connectivity index (χ4n) is 3.48. The van der Waals surface area contributed by atoms with Crippen LogP contribution in [0.3, 0.4) is 0 Å². The van der Waals surface area contributed by atoms with Crippen LogP contribution in [0.5, 0.6) is 5.75 Å². The average Bonchev–Trinajstić information content (AvgIpc) is 3.27. The predicted molar refractivity (Wildman–Crippen MR) is 118 cm³/mol. The van der Waals surface area contributed by atoms with Gasteiger partial charge in [0.05, 0.1) is 19.6 Å². The van der Waals surface area contributed by atoms with Crippen molar-refractivity contribution in [2.45, 2.75) is 19.4 Å². The number of fused-ring (bicyclic) bond motifs is 1. The number of hydrogen-bond acceptors (Lipinski definition) is 4. The molecule has 0 N–H and O–H groups in total. The van der Waals surface area contributed by atoms with Crippen LogP contribution in [0.25, 0.3) is 22.2 Å². The highest BCUT2D eigenvalue weighted by atomic mass is 16.5. The average molecular weight is 400 g/mol. The van der Waals surface area contributed by atoms with Crippen molar-refractivity contribution >= 4 is 16.7 Å². The Morgan fingerprint density at radius 3 is 2.60 bits per heavy atom. The molecule has 4 rings (SSSR count). The van der Waals surface area contributed by atoms with Crippen molar-refractivity contribution in [3.8, 4) is 17.1 Å². The molecule has 152 valence electrons. The third kappa shape index (κ3) is 4.20. The first-order valence-corrected chi connectivity index (χ1v) is 9.96. The monoisotopic (exact) mass is 400 g/mol. The zero-order chi connectivity index (χ0) is 20.9. The molecule has 1 aromatic heterocycles. The van der Waals surface area contributed by atoms with Gasteiger partial charge in [-0.3, -0.25) is 4.79 Å². The molecular formula is C25H24N2O3. The number of ether oxygens (including phenoxy) is 2. The summed E-state index contributed by atoms with van der Waals surface area (Å²) in [5.41, 5.74) is 1.97. The minimum Gasteiger partial charge on any atom is -0.497 e. The van der Waals surface area contributed by atoms with Gasteiger partial charge < -0.3 is 14.0 Å². The van der Waals surface area contributed by atoms with E-state index in [4.69, 9.17) is 9.47 Å². The molecule has 0 aliphatic heterocycles. The van der Waals surface area contributed by atoms with Crippen LogP contribution in [0.15, 0.2) is 79.1 Å². The van der Waals surface area contributed by atoms with Gasteiger partial charge in [0.1, 0.15) is 18.2 Å². The Bertz CT molecular complexity index is 1150. The molecule has 30 heavy (non-hydrogen) atoms. The molecule has 0 aliphatic rings. The van der Waals surface area contributed by atoms with E-state index in [1.807, 2.05) is 84.4 Å². The first kappa shape index (κ1) is 19.7. The molecule has 0 saturated heterocycles. The summed E-state index contributed by atoms with van der Waals surface area (Å²) >= 11 is 0. The van der Waals surface area contributed by atoms with Crippen molar-refractivity contribution in [1.82, 2.24) is 9.55 Å². The Balaban J connectivity index is 1.39. The van der Waals surface area contributed by atoms with E-state index >= 15 is 0 Å². The summed E-state index contributed by atoms with van der Waals surface area (Å²) in [5.74, 6) is 1.11. The Hall–Kier alpha value is -3.60. The van der Waals surface area contributed by atoms with Crippen LogP contribution in [0.2, 0.25) is 0 Å². The van der Waals surface area contributed by atoms with Crippen molar-refractivity contribution < 1.29 is 14.3 Å². The molecule has 0 spiro atoms. The van der Waals surface area contributed by atoms with Crippen molar-refractivity contribution in [2.24, 2.45) is 0 Å². The Kier molecular flexibility index (Phi) is 5.80. The summed E-state index contributed by atoms with van der Waals surface area (Å²) < 4.78 is 12.8. The molecule has 0 fully saturated rings. The molecule has 1 atom stereocenters. The van der Waals surface area contributed by atoms with Crippen LogP contribution in [0.4, 0.5) is 0 Å². The standard InChI is InChI=1S/C25H24N2O3/c1-18(20-8-9-22-17-23(29-2)11-10-21(22)16-20)25(28)30-15-14-27-13-12-26-24(27)19-6-4-3-5-7-19/h3-13,16-18H,14-15H2,1-2H3/t18-/m0/s1. The van der Waals surface area contributed by atoms with E-state index in [2.05, 4.69) is 4.98 Å². The normalized spacial score (nSPS) is 11.9. The molecule has 5 heteroatoms. The molecule has 0 bridgehead atoms. The zero-order valence-corrected chi connectivity index (χ0v) is 17.1. The summed E-state index contributed by atoms with van der Waals surface area (Å²) in [6.45, 7) is 2.73. The molecule has 0 unspecified atom stereocenters. The van der Waals surface area contributed by atoms with Crippen molar-refractivity contribution in [3.63, 3.8) is 0 Å². The van der Waals surface area contributed by atoms with E-state index in [1.54, 1.807) is 13.3 Å². The van der Waals surface area contributed by atoms with Crippen LogP contribution < -0.4 is 4.74 Å². The predicted octanol–water partition coefficient (Wildman–Crippen LogP) is 5.06. The van der Waals surface area contributed by atoms with Crippen LogP contribution in [-0.4, -0.2) is 29.2 Å². The number of nitrogens with zero attached hydrogens (tertiary/aromatic N) is 2. The number of imidazole rings is 1. The second-order valence-corrected chi connectivity index (χ2v) is 7.17. The van der Waals surface area contributed by atoms with Crippen LogP contribution >= 0.6 is 0 Å². The van der Waals surface area contributed by atoms with Crippen molar-refractivity contribution in [1.29, 1.82) is 0 Å². The summed E-state index contributed by atoms with van der Waals surface area (Å²) in [4.78, 5) is 17.0. The number of carbonyl (C=O) groups excluding carboxylic acids is 1. The number of hydrogen-bond donors (Lipinski definition) is 0. The SMILES string of the molecule is COc1ccc2cc([C@H](C)C(=O)OCCn3ccnc3-c3ccccc3)ccc2c1. The fraction of sp³-hybridized carbons (Fsp3) is 0.200. The lowest BCUT2D eigenvalue weighted by Crippen LogP contribution is -2.16. The summed E-state index contributed by atoms with van der Waals surface area (Å²) in [7, 11) is 1.65. The first-order valence-electron chi connectivity index (χ1n) is 9.96. The van der Waals surface area contributed by atoms with Gasteiger partial charge in [0.15, 0.2) is 0 Å². The van der Waals surface area contributed by atoms with Gasteiger partial charge in [0.25, 0.3) is 0 Å². The molecule has 5 nitrogen and oxygen atoms in total. The van der Waals surface area contributed by atoms with E-state index in [9.17, 15) is 4.79 Å². The minimum absolute atomic E-state index is 0.232. The van der Waals surface area contributed by atoms with Gasteiger partial charge in [-0.05, 0) is 35.4 Å². The van der Waals surface area contributed by atoms with Crippen LogP contribution in [-0.2, 0) is 16.1 Å². The summed E-state index contributed by atoms with van der Waals surface area (Å²) in [6, 6.07) is 21.9. The molecule has 3 aromatic carbocycles. The smallest absolute Gasteiger partial charge is 0.313 e. The van der Waals surface area contributed by atoms with E-state index in [0.717, 1.165) is 33.5 Å². The topological polar surface area (TPSA) is 53.4 Å². The molecule has 4 aromatic rings. The van der Waals surface area contributed by atoms with E-state index in [-0.39, 0.29) is 11.9 Å². The lowest BCUT2D eigenvalue weighted by Gasteiger charge is -2.14. The number of benzene rings is 3. The molecular weight excluding hydrogens is 376 g/mol. The van der Waals surface area contributed by atoms with E-state index in [1.165, 1.54) is 0 Å². The van der Waals surface area contributed by atoms with Crippen molar-refractivity contribution in [2.75, 3.05) is 13.7 Å². The van der Waals surface area contributed by atoms with Gasteiger partial charge in [-0.1, -0.05) is 54.6 Å². The molecule has 0 saturated carbocycles. The Morgan fingerprint density at radius 1 is 1.03 bits per heavy atom. The second kappa shape index (κ2) is 8.82. The second-order valence-electron chi connectivity index (χ2n) is 7.17. The highest BCUT2D eigenvalue weighted by molar-refractivity contribution is 5.86. The number of aromatic nitrogens is 2. The maximum absolute atomic E-state index is 12.6. The zero-order valence-electron chi connectivity index (χ0n) is 17.1. The number of esters is 1. The minimum atomic E-state index is -0.340. The maximum Gasteiger partial charge on any atom is 0.313 e. The Labute approximate surface area is 175 Å². The largest absolute Gasteiger partial charge is 0.497 e. The number of rotatable bonds is 7. The highest BCUT2D eigenvalue weighted by Crippen LogP contribution is 2.26. The van der Waals surface area contributed by atoms with E-state index < -0.39 is 0 Å². The van der Waals surface area contributed by atoms with Gasteiger partial charge >= 0.3 is 5.97 Å². The summed E-state index contributed by atoms with van der Waals surface area (Å²) in [5, 5.41) is 2.14. The molecule has 1 heterocycles. The number of methoxy groups -OCH3 is 1. The third-order valence-corrected chi connectivity index (χ3v) is 5.25. The summed E-state index contributed by atoms with van der Waals surface area (Å²) in [6.07, 6.45) is 3.66. The molecule has 0 amide bonds. The quantitative estimate of drug-likeness (QED) is 0.407. The van der Waals surface area contributed by atoms with Crippen LogP contribution in [0, 0.1) is 0 Å². The van der Waals surface area contributed by atoms with Gasteiger partial charge in [0.2, 0.25) is 0 Å². The lowest BCUT2D eigenvalue weighted by atomic mass is 9.98. The van der Waals surface area contributed by atoms with Gasteiger partial charge in [-0.15, -0.1) is 0 Å². The van der Waals surface area contributed by atoms with E-state index in [0.29, 0.717) is 13.2 Å². The van der Waals surface area contributed by atoms with Crippen LogP contribution in [0.1, 0.15) is 18.4 Å². The lowest BCUT2D eigenvalue weighted by molar-refractivity contribution is -0.145. The highest BCUT2D eigenvalue weighted by Gasteiger charge is 2.17. The fourth-order valence-corrected chi connectivity index (χ4v) is 3.48. The van der Waals surface area contributed by atoms with Gasteiger partial charge in [-0.2, -0.15) is 0 Å². The first-order chi connectivity index (χ1) is 14.7. The van der Waals surface area contributed by atoms with Gasteiger partial charge in [-0.25, -0.2) is 4.98 Å². The maximum atomic E-state index is 12.6. The van der Waals surface area contributed by atoms with Gasteiger partial charge in [0, 0.05) is 18.0 Å². The number of carbonyl (C=O) groups is 1.